The SMILES string of the molecule is O=C(CCc1c[nH]c2ccccc12)Nc1ccc(F)c(NC(=O)C2CCCCC2)c1. The first-order chi connectivity index (χ1) is 14.6. The number of carbonyl (C=O) groups is 2. The van der Waals surface area contributed by atoms with Gasteiger partial charge in [0, 0.05) is 35.1 Å². The number of benzene rings is 2. The van der Waals surface area contributed by atoms with Crippen LogP contribution in [0.25, 0.3) is 10.9 Å². The summed E-state index contributed by atoms with van der Waals surface area (Å²) in [5.41, 5.74) is 2.71. The van der Waals surface area contributed by atoms with E-state index in [4.69, 9.17) is 0 Å². The van der Waals surface area contributed by atoms with Crippen molar-refractivity contribution in [2.75, 3.05) is 10.6 Å². The Morgan fingerprint density at radius 1 is 1.03 bits per heavy atom. The third-order valence-corrected chi connectivity index (χ3v) is 5.78. The van der Waals surface area contributed by atoms with Crippen molar-refractivity contribution >= 4 is 34.1 Å². The zero-order valence-electron chi connectivity index (χ0n) is 16.8. The molecule has 0 radical (unpaired) electrons. The number of halogens is 1. The van der Waals surface area contributed by atoms with Crippen molar-refractivity contribution in [1.82, 2.24) is 4.98 Å². The van der Waals surface area contributed by atoms with E-state index in [0.717, 1.165) is 48.6 Å². The highest BCUT2D eigenvalue weighted by molar-refractivity contribution is 5.95. The van der Waals surface area contributed by atoms with Gasteiger partial charge in [0.05, 0.1) is 5.69 Å². The summed E-state index contributed by atoms with van der Waals surface area (Å²) in [5, 5.41) is 6.62. The van der Waals surface area contributed by atoms with Crippen molar-refractivity contribution in [2.24, 2.45) is 5.92 Å². The Balaban J connectivity index is 1.36. The number of H-pyrrole nitrogens is 1. The molecule has 0 atom stereocenters. The number of hydrogen-bond acceptors (Lipinski definition) is 2. The molecule has 30 heavy (non-hydrogen) atoms. The van der Waals surface area contributed by atoms with E-state index >= 15 is 0 Å². The monoisotopic (exact) mass is 407 g/mol. The normalized spacial score (nSPS) is 14.6. The number of aryl methyl sites for hydroxylation is 1. The van der Waals surface area contributed by atoms with E-state index in [2.05, 4.69) is 15.6 Å². The number of para-hydroxylation sites is 1. The Kier molecular flexibility index (Phi) is 6.12. The average molecular weight is 407 g/mol. The molecule has 3 aromatic rings. The minimum atomic E-state index is -0.504. The van der Waals surface area contributed by atoms with Crippen molar-refractivity contribution in [3.8, 4) is 0 Å². The molecule has 0 bridgehead atoms. The first kappa shape index (κ1) is 20.1. The molecular formula is C24H26FN3O2. The van der Waals surface area contributed by atoms with Crippen LogP contribution in [0.15, 0.2) is 48.7 Å². The zero-order chi connectivity index (χ0) is 20.9. The molecular weight excluding hydrogens is 381 g/mol. The number of hydrogen-bond donors (Lipinski definition) is 3. The van der Waals surface area contributed by atoms with Crippen molar-refractivity contribution < 1.29 is 14.0 Å². The Labute approximate surface area is 175 Å². The van der Waals surface area contributed by atoms with Crippen LogP contribution in [-0.4, -0.2) is 16.8 Å². The highest BCUT2D eigenvalue weighted by Crippen LogP contribution is 2.27. The largest absolute Gasteiger partial charge is 0.361 e. The van der Waals surface area contributed by atoms with Crippen LogP contribution in [0.5, 0.6) is 0 Å². The molecule has 6 heteroatoms. The summed E-state index contributed by atoms with van der Waals surface area (Å²) in [5.74, 6) is -0.864. The third-order valence-electron chi connectivity index (χ3n) is 5.78. The fourth-order valence-corrected chi connectivity index (χ4v) is 4.11. The van der Waals surface area contributed by atoms with E-state index < -0.39 is 5.82 Å². The second-order valence-electron chi connectivity index (χ2n) is 7.93. The molecule has 0 saturated heterocycles. The third kappa shape index (κ3) is 4.70. The molecule has 1 heterocycles. The quantitative estimate of drug-likeness (QED) is 0.512. The predicted molar refractivity (Wildman–Crippen MR) is 117 cm³/mol. The van der Waals surface area contributed by atoms with Crippen molar-refractivity contribution in [1.29, 1.82) is 0 Å². The predicted octanol–water partition coefficient (Wildman–Crippen LogP) is 5.40. The molecule has 1 aliphatic carbocycles. The number of carbonyl (C=O) groups excluding carboxylic acids is 2. The highest BCUT2D eigenvalue weighted by Gasteiger charge is 2.22. The summed E-state index contributed by atoms with van der Waals surface area (Å²) >= 11 is 0. The van der Waals surface area contributed by atoms with E-state index in [0.29, 0.717) is 18.5 Å². The molecule has 3 N–H and O–H groups in total. The minimum Gasteiger partial charge on any atom is -0.361 e. The number of rotatable bonds is 6. The summed E-state index contributed by atoms with van der Waals surface area (Å²) in [6.07, 6.45) is 7.74. The molecule has 2 amide bonds. The van der Waals surface area contributed by atoms with E-state index in [1.807, 2.05) is 30.5 Å². The Morgan fingerprint density at radius 2 is 1.83 bits per heavy atom. The van der Waals surface area contributed by atoms with Gasteiger partial charge in [0.15, 0.2) is 0 Å². The molecule has 4 rings (SSSR count). The van der Waals surface area contributed by atoms with E-state index in [-0.39, 0.29) is 23.4 Å². The molecule has 2 aromatic carbocycles. The summed E-state index contributed by atoms with van der Waals surface area (Å²) in [6, 6.07) is 12.2. The molecule has 0 aliphatic heterocycles. The number of anilines is 2. The lowest BCUT2D eigenvalue weighted by Gasteiger charge is -2.21. The van der Waals surface area contributed by atoms with Gasteiger partial charge in [-0.25, -0.2) is 4.39 Å². The van der Waals surface area contributed by atoms with Crippen LogP contribution < -0.4 is 10.6 Å². The smallest absolute Gasteiger partial charge is 0.227 e. The number of nitrogens with one attached hydrogen (secondary N) is 3. The van der Waals surface area contributed by atoms with Gasteiger partial charge in [0.25, 0.3) is 0 Å². The van der Waals surface area contributed by atoms with Gasteiger partial charge >= 0.3 is 0 Å². The Hall–Kier alpha value is -3.15. The van der Waals surface area contributed by atoms with Crippen molar-refractivity contribution in [3.63, 3.8) is 0 Å². The maximum atomic E-state index is 14.2. The lowest BCUT2D eigenvalue weighted by Crippen LogP contribution is -2.25. The molecule has 0 spiro atoms. The van der Waals surface area contributed by atoms with Gasteiger partial charge in [-0.05, 0) is 49.1 Å². The van der Waals surface area contributed by atoms with E-state index in [9.17, 15) is 14.0 Å². The number of aromatic amines is 1. The van der Waals surface area contributed by atoms with Crippen LogP contribution in [0.3, 0.4) is 0 Å². The van der Waals surface area contributed by atoms with Gasteiger partial charge in [-0.1, -0.05) is 37.5 Å². The van der Waals surface area contributed by atoms with Crippen LogP contribution in [0.1, 0.15) is 44.1 Å². The molecule has 5 nitrogen and oxygen atoms in total. The Morgan fingerprint density at radius 3 is 2.67 bits per heavy atom. The maximum Gasteiger partial charge on any atom is 0.227 e. The number of amides is 2. The lowest BCUT2D eigenvalue weighted by molar-refractivity contribution is -0.120. The van der Waals surface area contributed by atoms with Gasteiger partial charge in [0.2, 0.25) is 11.8 Å². The molecule has 0 unspecified atom stereocenters. The Bertz CT molecular complexity index is 1050. The summed E-state index contributed by atoms with van der Waals surface area (Å²) in [6.45, 7) is 0. The van der Waals surface area contributed by atoms with Gasteiger partial charge < -0.3 is 15.6 Å². The van der Waals surface area contributed by atoms with Crippen LogP contribution in [0.2, 0.25) is 0 Å². The molecule has 156 valence electrons. The molecule has 1 aliphatic rings. The number of fused-ring (bicyclic) bond motifs is 1. The average Bonchev–Trinajstić information content (AvgIpc) is 3.18. The molecule has 1 fully saturated rings. The van der Waals surface area contributed by atoms with Gasteiger partial charge in [-0.15, -0.1) is 0 Å². The summed E-state index contributed by atoms with van der Waals surface area (Å²) in [7, 11) is 0. The van der Waals surface area contributed by atoms with Gasteiger partial charge in [0.1, 0.15) is 5.82 Å². The van der Waals surface area contributed by atoms with Crippen molar-refractivity contribution in [3.05, 3.63) is 60.0 Å². The van der Waals surface area contributed by atoms with Gasteiger partial charge in [-0.3, -0.25) is 9.59 Å². The standard InChI is InChI=1S/C24H26FN3O2/c25-20-12-11-18(14-22(20)28-24(30)16-6-2-1-3-7-16)27-23(29)13-10-17-15-26-21-9-5-4-8-19(17)21/h4-5,8-9,11-12,14-16,26H,1-3,6-7,10,13H2,(H,27,29)(H,28,30). The fraction of sp³-hybridized carbons (Fsp3) is 0.333. The molecule has 1 saturated carbocycles. The second kappa shape index (κ2) is 9.11. The lowest BCUT2D eigenvalue weighted by atomic mass is 9.88. The van der Waals surface area contributed by atoms with Crippen LogP contribution in [-0.2, 0) is 16.0 Å². The zero-order valence-corrected chi connectivity index (χ0v) is 16.8. The van der Waals surface area contributed by atoms with Crippen LogP contribution >= 0.6 is 0 Å². The van der Waals surface area contributed by atoms with Crippen molar-refractivity contribution in [2.45, 2.75) is 44.9 Å². The van der Waals surface area contributed by atoms with E-state index in [1.165, 1.54) is 18.2 Å². The topological polar surface area (TPSA) is 74.0 Å². The maximum absolute atomic E-state index is 14.2. The minimum absolute atomic E-state index is 0.0624. The summed E-state index contributed by atoms with van der Waals surface area (Å²) < 4.78 is 14.2. The fourth-order valence-electron chi connectivity index (χ4n) is 4.11. The summed E-state index contributed by atoms with van der Waals surface area (Å²) in [4.78, 5) is 28.0. The second-order valence-corrected chi connectivity index (χ2v) is 7.93. The van der Waals surface area contributed by atoms with Crippen LogP contribution in [0, 0.1) is 11.7 Å². The van der Waals surface area contributed by atoms with Crippen LogP contribution in [0.4, 0.5) is 15.8 Å². The van der Waals surface area contributed by atoms with E-state index in [1.54, 1.807) is 0 Å². The number of aromatic nitrogens is 1. The first-order valence-electron chi connectivity index (χ1n) is 10.6. The highest BCUT2D eigenvalue weighted by atomic mass is 19.1. The van der Waals surface area contributed by atoms with Gasteiger partial charge in [-0.2, -0.15) is 0 Å². The molecule has 1 aromatic heterocycles. The first-order valence-corrected chi connectivity index (χ1v) is 10.6.